The summed E-state index contributed by atoms with van der Waals surface area (Å²) < 4.78 is 16.8. The van der Waals surface area contributed by atoms with Crippen molar-refractivity contribution in [1.82, 2.24) is 15.1 Å². The number of likely N-dealkylation sites (N-methyl/N-ethyl adjacent to an activating group) is 1. The quantitative estimate of drug-likeness (QED) is 0.289. The molecule has 0 bridgehead atoms. The number of amides is 3. The van der Waals surface area contributed by atoms with E-state index in [2.05, 4.69) is 5.32 Å². The van der Waals surface area contributed by atoms with Gasteiger partial charge in [-0.1, -0.05) is 64.4 Å². The Morgan fingerprint density at radius 2 is 1.72 bits per heavy atom. The molecule has 242 valence electrons. The van der Waals surface area contributed by atoms with Crippen LogP contribution in [0.4, 0.5) is 4.79 Å². The van der Waals surface area contributed by atoms with Crippen molar-refractivity contribution in [3.05, 3.63) is 35.9 Å². The lowest BCUT2D eigenvalue weighted by atomic mass is 9.89. The SMILES string of the molecule is CC[C@H](C)[C@@H]([C@@H](CC(=O)N1CCC[C@H]1C(OC)C(C)C(=O)O)OC)N(C)C(=O)[C@@H](NC(=O)OCc1ccccc1)C(C)C. The number of hydrogen-bond donors (Lipinski definition) is 2. The number of nitrogens with one attached hydrogen (secondary N) is 1. The maximum atomic E-state index is 13.9. The number of alkyl carbamates (subject to hydrolysis) is 1. The molecule has 2 rings (SSSR count). The van der Waals surface area contributed by atoms with Crippen LogP contribution in [-0.2, 0) is 35.2 Å². The number of benzene rings is 1. The number of rotatable bonds is 16. The van der Waals surface area contributed by atoms with Crippen molar-refractivity contribution in [2.45, 2.75) is 97.2 Å². The molecule has 0 saturated carbocycles. The molecule has 1 heterocycles. The fourth-order valence-electron chi connectivity index (χ4n) is 5.92. The highest BCUT2D eigenvalue weighted by atomic mass is 16.5. The average molecular weight is 606 g/mol. The predicted octanol–water partition coefficient (Wildman–Crippen LogP) is 3.94. The predicted molar refractivity (Wildman–Crippen MR) is 162 cm³/mol. The number of aliphatic carboxylic acids is 1. The van der Waals surface area contributed by atoms with Gasteiger partial charge in [-0.15, -0.1) is 0 Å². The van der Waals surface area contributed by atoms with Gasteiger partial charge in [0.25, 0.3) is 0 Å². The summed E-state index contributed by atoms with van der Waals surface area (Å²) in [6.07, 6.45) is 0.170. The average Bonchev–Trinajstić information content (AvgIpc) is 3.48. The first-order valence-corrected chi connectivity index (χ1v) is 15.2. The lowest BCUT2D eigenvalue weighted by molar-refractivity contribution is -0.152. The van der Waals surface area contributed by atoms with Gasteiger partial charge < -0.3 is 34.4 Å². The Labute approximate surface area is 256 Å². The van der Waals surface area contributed by atoms with Gasteiger partial charge in [-0.3, -0.25) is 14.4 Å². The molecule has 0 spiro atoms. The monoisotopic (exact) mass is 605 g/mol. The molecule has 1 aromatic carbocycles. The first-order chi connectivity index (χ1) is 20.4. The minimum absolute atomic E-state index is 0.0103. The maximum absolute atomic E-state index is 13.9. The van der Waals surface area contributed by atoms with Crippen LogP contribution in [0, 0.1) is 17.8 Å². The van der Waals surface area contributed by atoms with Gasteiger partial charge in [0.15, 0.2) is 0 Å². The van der Waals surface area contributed by atoms with Gasteiger partial charge in [0.05, 0.1) is 36.6 Å². The van der Waals surface area contributed by atoms with Gasteiger partial charge in [0.2, 0.25) is 11.8 Å². The number of likely N-dealkylation sites (tertiary alicyclic amines) is 1. The van der Waals surface area contributed by atoms with Crippen molar-refractivity contribution in [2.75, 3.05) is 27.8 Å². The van der Waals surface area contributed by atoms with Crippen LogP contribution in [0.15, 0.2) is 30.3 Å². The summed E-state index contributed by atoms with van der Waals surface area (Å²) in [6.45, 7) is 9.88. The van der Waals surface area contributed by atoms with Crippen LogP contribution < -0.4 is 5.32 Å². The zero-order valence-electron chi connectivity index (χ0n) is 26.9. The molecule has 1 aliphatic heterocycles. The third-order valence-corrected chi connectivity index (χ3v) is 8.65. The number of ether oxygens (including phenoxy) is 3. The molecule has 0 aliphatic carbocycles. The van der Waals surface area contributed by atoms with E-state index in [1.165, 1.54) is 14.2 Å². The number of carbonyl (C=O) groups excluding carboxylic acids is 3. The van der Waals surface area contributed by atoms with E-state index >= 15 is 0 Å². The highest BCUT2D eigenvalue weighted by Gasteiger charge is 2.42. The molecular weight excluding hydrogens is 554 g/mol. The molecular formula is C32H51N3O8. The van der Waals surface area contributed by atoms with E-state index in [-0.39, 0.29) is 42.7 Å². The van der Waals surface area contributed by atoms with Crippen LogP contribution in [0.2, 0.25) is 0 Å². The fourth-order valence-corrected chi connectivity index (χ4v) is 5.92. The molecule has 0 aromatic heterocycles. The van der Waals surface area contributed by atoms with E-state index < -0.39 is 42.3 Å². The van der Waals surface area contributed by atoms with Crippen LogP contribution >= 0.6 is 0 Å². The third-order valence-electron chi connectivity index (χ3n) is 8.65. The van der Waals surface area contributed by atoms with Gasteiger partial charge >= 0.3 is 12.1 Å². The number of hydrogen-bond acceptors (Lipinski definition) is 7. The Morgan fingerprint density at radius 3 is 2.26 bits per heavy atom. The second-order valence-electron chi connectivity index (χ2n) is 11.9. The molecule has 3 amide bonds. The van der Waals surface area contributed by atoms with E-state index in [4.69, 9.17) is 14.2 Å². The lowest BCUT2D eigenvalue weighted by Crippen LogP contribution is -2.57. The summed E-state index contributed by atoms with van der Waals surface area (Å²) in [6, 6.07) is 7.61. The van der Waals surface area contributed by atoms with Crippen molar-refractivity contribution in [3.8, 4) is 0 Å². The standard InChI is InChI=1S/C32H51N3O8/c1-9-21(4)28(25(41-7)18-26(36)35-17-13-16-24(35)29(42-8)22(5)31(38)39)34(6)30(37)27(20(2)3)33-32(40)43-19-23-14-11-10-12-15-23/h10-12,14-15,20-22,24-25,27-29H,9,13,16-19H2,1-8H3,(H,33,40)(H,38,39)/t21-,22?,24-,25+,27-,28-,29?/m0/s1. The fraction of sp³-hybridized carbons (Fsp3) is 0.688. The van der Waals surface area contributed by atoms with E-state index in [1.807, 2.05) is 58.0 Å². The molecule has 11 heteroatoms. The Kier molecular flexibility index (Phi) is 14.4. The van der Waals surface area contributed by atoms with Crippen LogP contribution in [0.25, 0.3) is 0 Å². The molecule has 1 fully saturated rings. The number of nitrogens with zero attached hydrogens (tertiary/aromatic N) is 2. The molecule has 1 saturated heterocycles. The Balaban J connectivity index is 2.20. The Morgan fingerprint density at radius 1 is 1.07 bits per heavy atom. The van der Waals surface area contributed by atoms with Crippen molar-refractivity contribution >= 4 is 23.9 Å². The van der Waals surface area contributed by atoms with Crippen molar-refractivity contribution in [3.63, 3.8) is 0 Å². The number of carboxylic acid groups (broad SMARTS) is 1. The van der Waals surface area contributed by atoms with E-state index in [0.717, 1.165) is 18.4 Å². The first-order valence-electron chi connectivity index (χ1n) is 15.2. The first kappa shape index (κ1) is 36.0. The molecule has 2 N–H and O–H groups in total. The van der Waals surface area contributed by atoms with Gasteiger partial charge in [0, 0.05) is 27.8 Å². The number of carbonyl (C=O) groups is 4. The van der Waals surface area contributed by atoms with Crippen molar-refractivity contribution in [2.24, 2.45) is 17.8 Å². The largest absolute Gasteiger partial charge is 0.481 e. The minimum atomic E-state index is -0.977. The summed E-state index contributed by atoms with van der Waals surface area (Å²) >= 11 is 0. The Bertz CT molecular complexity index is 1050. The minimum Gasteiger partial charge on any atom is -0.481 e. The zero-order valence-corrected chi connectivity index (χ0v) is 26.9. The summed E-state index contributed by atoms with van der Waals surface area (Å²) in [5, 5.41) is 12.3. The highest BCUT2D eigenvalue weighted by Crippen LogP contribution is 2.29. The third kappa shape index (κ3) is 9.66. The molecule has 1 aromatic rings. The smallest absolute Gasteiger partial charge is 0.408 e. The zero-order chi connectivity index (χ0) is 32.3. The van der Waals surface area contributed by atoms with E-state index in [1.54, 1.807) is 23.8 Å². The van der Waals surface area contributed by atoms with Crippen molar-refractivity contribution in [1.29, 1.82) is 0 Å². The molecule has 43 heavy (non-hydrogen) atoms. The summed E-state index contributed by atoms with van der Waals surface area (Å²) in [7, 11) is 4.67. The van der Waals surface area contributed by atoms with E-state index in [0.29, 0.717) is 13.0 Å². The molecule has 2 unspecified atom stereocenters. The molecule has 11 nitrogen and oxygen atoms in total. The van der Waals surface area contributed by atoms with Crippen LogP contribution in [0.5, 0.6) is 0 Å². The van der Waals surface area contributed by atoms with Crippen LogP contribution in [-0.4, -0.2) is 96.9 Å². The topological polar surface area (TPSA) is 135 Å². The maximum Gasteiger partial charge on any atom is 0.408 e. The highest BCUT2D eigenvalue weighted by molar-refractivity contribution is 5.86. The van der Waals surface area contributed by atoms with Gasteiger partial charge in [0.1, 0.15) is 12.6 Å². The second-order valence-corrected chi connectivity index (χ2v) is 11.9. The number of methoxy groups -OCH3 is 2. The summed E-state index contributed by atoms with van der Waals surface area (Å²) in [4.78, 5) is 55.2. The Hall–Kier alpha value is -3.18. The summed E-state index contributed by atoms with van der Waals surface area (Å²) in [5.41, 5.74) is 0.834. The second kappa shape index (κ2) is 17.2. The van der Waals surface area contributed by atoms with Crippen LogP contribution in [0.1, 0.15) is 65.9 Å². The van der Waals surface area contributed by atoms with Gasteiger partial charge in [-0.2, -0.15) is 0 Å². The molecule has 1 aliphatic rings. The molecule has 0 radical (unpaired) electrons. The number of carboxylic acids is 1. The van der Waals surface area contributed by atoms with Crippen LogP contribution in [0.3, 0.4) is 0 Å². The van der Waals surface area contributed by atoms with Crippen molar-refractivity contribution < 1.29 is 38.5 Å². The molecule has 7 atom stereocenters. The van der Waals surface area contributed by atoms with Gasteiger partial charge in [-0.25, -0.2) is 4.79 Å². The van der Waals surface area contributed by atoms with Gasteiger partial charge in [-0.05, 0) is 37.2 Å². The normalized spacial score (nSPS) is 19.2. The summed E-state index contributed by atoms with van der Waals surface area (Å²) in [5.74, 6) is -2.50. The van der Waals surface area contributed by atoms with E-state index in [9.17, 15) is 24.3 Å². The lowest BCUT2D eigenvalue weighted by Gasteiger charge is -2.40.